The molecule has 0 radical (unpaired) electrons. The van der Waals surface area contributed by atoms with Crippen LogP contribution in [0.4, 0.5) is 0 Å². The van der Waals surface area contributed by atoms with Crippen LogP contribution in [-0.2, 0) is 19.1 Å². The van der Waals surface area contributed by atoms with Crippen LogP contribution >= 0.6 is 0 Å². The Bertz CT molecular complexity index is 1570. The van der Waals surface area contributed by atoms with Crippen LogP contribution in [0.3, 0.4) is 0 Å². The van der Waals surface area contributed by atoms with Gasteiger partial charge < -0.3 is 14.6 Å². The molecule has 0 aromatic carbocycles. The summed E-state index contributed by atoms with van der Waals surface area (Å²) >= 11 is 0. The number of rotatable bonds is 50. The van der Waals surface area contributed by atoms with E-state index in [0.29, 0.717) is 12.8 Å². The van der Waals surface area contributed by atoms with Gasteiger partial charge in [-0.25, -0.2) is 0 Å². The van der Waals surface area contributed by atoms with Crippen molar-refractivity contribution in [2.45, 2.75) is 232 Å². The highest BCUT2D eigenvalue weighted by molar-refractivity contribution is 5.70. The zero-order valence-electron chi connectivity index (χ0n) is 45.4. The number of allylic oxidation sites excluding steroid dienone is 26. The van der Waals surface area contributed by atoms with Crippen LogP contribution in [0.1, 0.15) is 226 Å². The van der Waals surface area contributed by atoms with E-state index in [-0.39, 0.29) is 31.6 Å². The first-order chi connectivity index (χ1) is 35.1. The van der Waals surface area contributed by atoms with E-state index in [2.05, 4.69) is 172 Å². The molecule has 0 saturated heterocycles. The Morgan fingerprint density at radius 1 is 0.338 bits per heavy atom. The van der Waals surface area contributed by atoms with Gasteiger partial charge in [-0.3, -0.25) is 9.59 Å². The molecule has 0 heterocycles. The third kappa shape index (κ3) is 58.0. The van der Waals surface area contributed by atoms with Gasteiger partial charge in [0.2, 0.25) is 0 Å². The van der Waals surface area contributed by atoms with Gasteiger partial charge in [0.05, 0.1) is 6.61 Å². The van der Waals surface area contributed by atoms with Crippen molar-refractivity contribution in [2.75, 3.05) is 13.2 Å². The predicted molar refractivity (Wildman–Crippen MR) is 310 cm³/mol. The Balaban J connectivity index is 3.70. The molecule has 0 fully saturated rings. The molecule has 0 aliphatic heterocycles. The fourth-order valence-corrected chi connectivity index (χ4v) is 7.29. The summed E-state index contributed by atoms with van der Waals surface area (Å²) in [6.07, 6.45) is 92.1. The highest BCUT2D eigenvalue weighted by atomic mass is 16.6. The standard InChI is InChI=1S/C66H104O5/c1-3-5-7-9-11-13-15-17-19-21-23-24-25-26-27-28-29-30-31-32-33-34-35-36-37-38-39-40-41-42-43-45-47-49-51-53-55-57-59-61-66(69)71-64(62-67)63-70-65(68)60-58-56-54-52-50-48-46-44-22-20-18-16-14-12-10-8-6-4-2/h5,7,11,13,17,19-20,22-24,26-27,29-30,32-33,35-36,38-39,41-42,45,47,51,53,64,67H,3-4,6,8-10,12,14-16,18,21,25,28,31,34,37,40,43-44,46,48-50,52,54-63H2,1-2H3/b7-5-,13-11-,19-17-,22-20-,24-23-,27-26-,30-29-,33-32-,36-35-,39-38-,42-41-,47-45-,53-51-. The molecule has 1 atom stereocenters. The van der Waals surface area contributed by atoms with Crippen molar-refractivity contribution in [3.05, 3.63) is 158 Å². The van der Waals surface area contributed by atoms with E-state index in [1.54, 1.807) is 0 Å². The Morgan fingerprint density at radius 2 is 0.606 bits per heavy atom. The van der Waals surface area contributed by atoms with E-state index in [9.17, 15) is 14.7 Å². The van der Waals surface area contributed by atoms with Crippen molar-refractivity contribution in [1.82, 2.24) is 0 Å². The van der Waals surface area contributed by atoms with Crippen LogP contribution in [-0.4, -0.2) is 36.4 Å². The molecule has 0 spiro atoms. The van der Waals surface area contributed by atoms with Gasteiger partial charge in [-0.1, -0.05) is 242 Å². The number of hydrogen-bond donors (Lipinski definition) is 1. The Labute approximate surface area is 437 Å². The summed E-state index contributed by atoms with van der Waals surface area (Å²) in [7, 11) is 0. The minimum Gasteiger partial charge on any atom is -0.462 e. The molecular weight excluding hydrogens is 873 g/mol. The topological polar surface area (TPSA) is 72.8 Å². The fourth-order valence-electron chi connectivity index (χ4n) is 7.29. The van der Waals surface area contributed by atoms with Crippen LogP contribution in [0.15, 0.2) is 158 Å². The van der Waals surface area contributed by atoms with Crippen LogP contribution in [0.5, 0.6) is 0 Å². The number of ether oxygens (including phenoxy) is 2. The van der Waals surface area contributed by atoms with Crippen molar-refractivity contribution in [3.8, 4) is 0 Å². The average Bonchev–Trinajstić information content (AvgIpc) is 3.37. The zero-order valence-corrected chi connectivity index (χ0v) is 45.4. The quantitative estimate of drug-likeness (QED) is 0.0374. The van der Waals surface area contributed by atoms with E-state index in [1.807, 2.05) is 0 Å². The third-order valence-electron chi connectivity index (χ3n) is 11.6. The van der Waals surface area contributed by atoms with Gasteiger partial charge in [0.15, 0.2) is 6.10 Å². The molecule has 0 aliphatic rings. The maximum absolute atomic E-state index is 12.3. The molecule has 0 amide bonds. The maximum atomic E-state index is 12.3. The average molecular weight is 978 g/mol. The van der Waals surface area contributed by atoms with Gasteiger partial charge in [-0.05, 0) is 128 Å². The van der Waals surface area contributed by atoms with Gasteiger partial charge in [0.25, 0.3) is 0 Å². The molecule has 0 aliphatic carbocycles. The molecule has 0 saturated carbocycles. The van der Waals surface area contributed by atoms with E-state index in [1.165, 1.54) is 83.5 Å². The summed E-state index contributed by atoms with van der Waals surface area (Å²) in [4.78, 5) is 24.5. The lowest BCUT2D eigenvalue weighted by Gasteiger charge is -2.15. The van der Waals surface area contributed by atoms with E-state index < -0.39 is 6.10 Å². The monoisotopic (exact) mass is 977 g/mol. The van der Waals surface area contributed by atoms with E-state index in [4.69, 9.17) is 9.47 Å². The number of esters is 2. The Kier molecular flexibility index (Phi) is 56.1. The third-order valence-corrected chi connectivity index (χ3v) is 11.6. The van der Waals surface area contributed by atoms with Gasteiger partial charge in [-0.15, -0.1) is 0 Å². The second kappa shape index (κ2) is 59.8. The summed E-state index contributed by atoms with van der Waals surface area (Å²) in [6, 6.07) is 0. The van der Waals surface area contributed by atoms with E-state index in [0.717, 1.165) is 109 Å². The Hall–Kier alpha value is -4.48. The lowest BCUT2D eigenvalue weighted by Crippen LogP contribution is -2.28. The van der Waals surface area contributed by atoms with Gasteiger partial charge in [0, 0.05) is 12.8 Å². The SMILES string of the molecule is CC/C=C\C/C=C\C/C=C\C/C=C\C/C=C\C/C=C\C/C=C\C/C=C\C/C=C\C/C=C\C/C=C\C/C=C\CCCCC(=O)OC(CO)COC(=O)CCCCCCCCC/C=C\CCCCCCCCC. The summed E-state index contributed by atoms with van der Waals surface area (Å²) in [5.74, 6) is -0.656. The molecule has 398 valence electrons. The van der Waals surface area contributed by atoms with Crippen molar-refractivity contribution >= 4 is 11.9 Å². The van der Waals surface area contributed by atoms with Gasteiger partial charge >= 0.3 is 11.9 Å². The molecule has 5 nitrogen and oxygen atoms in total. The first-order valence-corrected chi connectivity index (χ1v) is 28.5. The molecule has 1 N–H and O–H groups in total. The van der Waals surface area contributed by atoms with Crippen LogP contribution < -0.4 is 0 Å². The number of unbranched alkanes of at least 4 members (excludes halogenated alkanes) is 16. The van der Waals surface area contributed by atoms with Crippen LogP contribution in [0.25, 0.3) is 0 Å². The summed E-state index contributed by atoms with van der Waals surface area (Å²) in [5.41, 5.74) is 0. The number of hydrogen-bond acceptors (Lipinski definition) is 5. The van der Waals surface area contributed by atoms with Crippen molar-refractivity contribution in [2.24, 2.45) is 0 Å². The first-order valence-electron chi connectivity index (χ1n) is 28.5. The minimum absolute atomic E-state index is 0.0950. The van der Waals surface area contributed by atoms with Gasteiger partial charge in [-0.2, -0.15) is 0 Å². The van der Waals surface area contributed by atoms with Crippen LogP contribution in [0.2, 0.25) is 0 Å². The summed E-state index contributed by atoms with van der Waals surface area (Å²) in [5, 5.41) is 9.63. The Morgan fingerprint density at radius 3 is 0.958 bits per heavy atom. The van der Waals surface area contributed by atoms with E-state index >= 15 is 0 Å². The molecule has 5 heteroatoms. The molecule has 71 heavy (non-hydrogen) atoms. The van der Waals surface area contributed by atoms with Crippen molar-refractivity contribution in [1.29, 1.82) is 0 Å². The van der Waals surface area contributed by atoms with Crippen molar-refractivity contribution in [3.63, 3.8) is 0 Å². The van der Waals surface area contributed by atoms with Gasteiger partial charge in [0.1, 0.15) is 6.61 Å². The minimum atomic E-state index is -0.809. The fraction of sp³-hybridized carbons (Fsp3) is 0.576. The second-order valence-electron chi connectivity index (χ2n) is 18.3. The molecule has 0 aromatic rings. The lowest BCUT2D eigenvalue weighted by atomic mass is 10.1. The highest BCUT2D eigenvalue weighted by Gasteiger charge is 2.16. The lowest BCUT2D eigenvalue weighted by molar-refractivity contribution is -0.161. The molecule has 0 aromatic heterocycles. The molecular formula is C66H104O5. The smallest absolute Gasteiger partial charge is 0.306 e. The van der Waals surface area contributed by atoms with Crippen molar-refractivity contribution < 1.29 is 24.2 Å². The number of aliphatic hydroxyl groups is 1. The molecule has 0 rings (SSSR count). The predicted octanol–water partition coefficient (Wildman–Crippen LogP) is 19.6. The maximum Gasteiger partial charge on any atom is 0.306 e. The van der Waals surface area contributed by atoms with Crippen LogP contribution in [0, 0.1) is 0 Å². The number of carbonyl (C=O) groups is 2. The summed E-state index contributed by atoms with van der Waals surface area (Å²) in [6.45, 7) is 3.98. The second-order valence-corrected chi connectivity index (χ2v) is 18.3. The first kappa shape index (κ1) is 66.5. The highest BCUT2D eigenvalue weighted by Crippen LogP contribution is 2.13. The molecule has 0 bridgehead atoms. The summed E-state index contributed by atoms with van der Waals surface area (Å²) < 4.78 is 10.6. The molecule has 1 unspecified atom stereocenters. The normalized spacial score (nSPS) is 13.5. The number of carbonyl (C=O) groups excluding carboxylic acids is 2. The largest absolute Gasteiger partial charge is 0.462 e. The number of aliphatic hydroxyl groups excluding tert-OH is 1. The zero-order chi connectivity index (χ0) is 51.3.